The number of amides is 1. The van der Waals surface area contributed by atoms with Crippen LogP contribution in [0.2, 0.25) is 0 Å². The summed E-state index contributed by atoms with van der Waals surface area (Å²) in [6.45, 7) is 8.42. The zero-order valence-corrected chi connectivity index (χ0v) is 13.8. The highest BCUT2D eigenvalue weighted by Gasteiger charge is 2.24. The summed E-state index contributed by atoms with van der Waals surface area (Å²) in [6.07, 6.45) is 0. The largest absolute Gasteiger partial charge is 0.324 e. The van der Waals surface area contributed by atoms with Gasteiger partial charge >= 0.3 is 0 Å². The van der Waals surface area contributed by atoms with E-state index in [2.05, 4.69) is 10.0 Å². The fraction of sp³-hybridized carbons (Fsp3) is 0.500. The first kappa shape index (κ1) is 17.6. The molecule has 1 rings (SSSR count). The molecule has 0 bridgehead atoms. The van der Waals surface area contributed by atoms with E-state index in [9.17, 15) is 13.2 Å². The third-order valence-corrected chi connectivity index (χ3v) is 4.18. The molecule has 1 aromatic carbocycles. The highest BCUT2D eigenvalue weighted by atomic mass is 32.2. The lowest BCUT2D eigenvalue weighted by atomic mass is 10.1. The smallest absolute Gasteiger partial charge is 0.243 e. The Labute approximate surface area is 126 Å². The van der Waals surface area contributed by atoms with Gasteiger partial charge in [-0.25, -0.2) is 13.1 Å². The van der Waals surface area contributed by atoms with Gasteiger partial charge < -0.3 is 11.1 Å². The molecule has 1 amide bonds. The van der Waals surface area contributed by atoms with E-state index in [1.807, 2.05) is 0 Å². The maximum Gasteiger partial charge on any atom is 0.243 e. The van der Waals surface area contributed by atoms with Crippen LogP contribution in [0.4, 0.5) is 5.69 Å². The normalized spacial score (nSPS) is 13.0. The van der Waals surface area contributed by atoms with Crippen LogP contribution in [0, 0.1) is 0 Å². The summed E-state index contributed by atoms with van der Waals surface area (Å²) >= 11 is 0. The lowest BCUT2D eigenvalue weighted by molar-refractivity contribution is -0.120. The van der Waals surface area contributed by atoms with Crippen molar-refractivity contribution in [3.63, 3.8) is 0 Å². The Balaban J connectivity index is 3.04. The van der Waals surface area contributed by atoms with Crippen molar-refractivity contribution in [1.29, 1.82) is 0 Å². The molecule has 0 spiro atoms. The van der Waals surface area contributed by atoms with Crippen LogP contribution >= 0.6 is 0 Å². The van der Waals surface area contributed by atoms with Crippen LogP contribution in [0.1, 0.15) is 34.6 Å². The van der Waals surface area contributed by atoms with Crippen molar-refractivity contribution < 1.29 is 13.2 Å². The molecule has 6 nitrogen and oxygen atoms in total. The van der Waals surface area contributed by atoms with Crippen LogP contribution in [0.25, 0.3) is 0 Å². The number of hydrogen-bond acceptors (Lipinski definition) is 4. The zero-order chi connectivity index (χ0) is 16.5. The highest BCUT2D eigenvalue weighted by Crippen LogP contribution is 2.18. The molecule has 21 heavy (non-hydrogen) atoms. The minimum Gasteiger partial charge on any atom is -0.324 e. The van der Waals surface area contributed by atoms with Crippen LogP contribution in [0.5, 0.6) is 0 Å². The van der Waals surface area contributed by atoms with E-state index in [0.29, 0.717) is 5.69 Å². The number of benzene rings is 1. The predicted molar refractivity (Wildman–Crippen MR) is 83.4 cm³/mol. The molecule has 0 saturated heterocycles. The summed E-state index contributed by atoms with van der Waals surface area (Å²) in [7, 11) is -3.64. The third kappa shape index (κ3) is 5.45. The van der Waals surface area contributed by atoms with Gasteiger partial charge in [0, 0.05) is 11.2 Å². The monoisotopic (exact) mass is 313 g/mol. The van der Waals surface area contributed by atoms with E-state index in [1.54, 1.807) is 46.8 Å². The second-order valence-corrected chi connectivity index (χ2v) is 8.24. The molecule has 0 radical (unpaired) electrons. The van der Waals surface area contributed by atoms with Gasteiger partial charge in [-0.3, -0.25) is 4.79 Å². The number of carbonyl (C=O) groups excluding carboxylic acids is 1. The van der Waals surface area contributed by atoms with E-state index in [-0.39, 0.29) is 10.8 Å². The SMILES string of the molecule is CC(C)(C)NS(=O)(=O)c1cccc(NC(=O)C(C)(C)N)c1. The van der Waals surface area contributed by atoms with Gasteiger partial charge in [0.1, 0.15) is 0 Å². The molecular formula is C14H23N3O3S. The lowest BCUT2D eigenvalue weighted by Gasteiger charge is -2.21. The van der Waals surface area contributed by atoms with E-state index in [0.717, 1.165) is 0 Å². The molecule has 0 aliphatic carbocycles. The molecule has 4 N–H and O–H groups in total. The molecule has 0 heterocycles. The van der Waals surface area contributed by atoms with Gasteiger partial charge in [-0.1, -0.05) is 6.07 Å². The quantitative estimate of drug-likeness (QED) is 0.783. The number of rotatable bonds is 4. The van der Waals surface area contributed by atoms with Crippen molar-refractivity contribution in [2.75, 3.05) is 5.32 Å². The minimum atomic E-state index is -3.64. The van der Waals surface area contributed by atoms with Gasteiger partial charge in [0.05, 0.1) is 10.4 Å². The molecule has 0 atom stereocenters. The van der Waals surface area contributed by atoms with Gasteiger partial charge in [0.15, 0.2) is 0 Å². The molecule has 0 aliphatic rings. The average molecular weight is 313 g/mol. The molecule has 0 aliphatic heterocycles. The van der Waals surface area contributed by atoms with E-state index >= 15 is 0 Å². The van der Waals surface area contributed by atoms with Crippen LogP contribution in [0.15, 0.2) is 29.2 Å². The summed E-state index contributed by atoms with van der Waals surface area (Å²) in [6, 6.07) is 6.05. The first-order valence-electron chi connectivity index (χ1n) is 6.56. The lowest BCUT2D eigenvalue weighted by Crippen LogP contribution is -2.45. The minimum absolute atomic E-state index is 0.0880. The first-order valence-corrected chi connectivity index (χ1v) is 8.04. The van der Waals surface area contributed by atoms with E-state index in [4.69, 9.17) is 5.73 Å². The number of hydrogen-bond donors (Lipinski definition) is 3. The second kappa shape index (κ2) is 5.75. The van der Waals surface area contributed by atoms with E-state index in [1.165, 1.54) is 12.1 Å². The van der Waals surface area contributed by atoms with Gasteiger partial charge in [-0.2, -0.15) is 0 Å². The second-order valence-electron chi connectivity index (χ2n) is 6.56. The third-order valence-electron chi connectivity index (χ3n) is 2.43. The van der Waals surface area contributed by atoms with Crippen LogP contribution in [-0.4, -0.2) is 25.4 Å². The summed E-state index contributed by atoms with van der Waals surface area (Å²) in [5.41, 5.74) is 4.45. The van der Waals surface area contributed by atoms with Crippen LogP contribution in [-0.2, 0) is 14.8 Å². The number of nitrogens with two attached hydrogens (primary N) is 1. The Hall–Kier alpha value is -1.44. The number of nitrogens with one attached hydrogen (secondary N) is 2. The number of anilines is 1. The highest BCUT2D eigenvalue weighted by molar-refractivity contribution is 7.89. The van der Waals surface area contributed by atoms with Crippen molar-refractivity contribution in [1.82, 2.24) is 4.72 Å². The Bertz CT molecular complexity index is 626. The van der Waals surface area contributed by atoms with Gasteiger partial charge in [-0.05, 0) is 52.8 Å². The average Bonchev–Trinajstić information content (AvgIpc) is 2.24. The van der Waals surface area contributed by atoms with Crippen LogP contribution in [0.3, 0.4) is 0 Å². The Morgan fingerprint density at radius 1 is 1.14 bits per heavy atom. The summed E-state index contributed by atoms with van der Waals surface area (Å²) < 4.78 is 27.0. The summed E-state index contributed by atoms with van der Waals surface area (Å²) in [5, 5.41) is 2.60. The van der Waals surface area contributed by atoms with Crippen molar-refractivity contribution in [2.45, 2.75) is 50.6 Å². The Morgan fingerprint density at radius 3 is 2.19 bits per heavy atom. The molecule has 118 valence electrons. The van der Waals surface area contributed by atoms with Crippen molar-refractivity contribution in [3.8, 4) is 0 Å². The van der Waals surface area contributed by atoms with Crippen molar-refractivity contribution >= 4 is 21.6 Å². The van der Waals surface area contributed by atoms with Gasteiger partial charge in [-0.15, -0.1) is 0 Å². The number of carbonyl (C=O) groups is 1. The van der Waals surface area contributed by atoms with Crippen molar-refractivity contribution in [3.05, 3.63) is 24.3 Å². The molecule has 0 saturated carbocycles. The fourth-order valence-electron chi connectivity index (χ4n) is 1.50. The fourth-order valence-corrected chi connectivity index (χ4v) is 2.96. The molecular weight excluding hydrogens is 290 g/mol. The maximum absolute atomic E-state index is 12.2. The molecule has 0 unspecified atom stereocenters. The standard InChI is InChI=1S/C14H23N3O3S/c1-13(2,3)17-21(19,20)11-8-6-7-10(9-11)16-12(18)14(4,5)15/h6-9,17H,15H2,1-5H3,(H,16,18). The van der Waals surface area contributed by atoms with Gasteiger partial charge in [0.2, 0.25) is 15.9 Å². The van der Waals surface area contributed by atoms with Gasteiger partial charge in [0.25, 0.3) is 0 Å². The topological polar surface area (TPSA) is 101 Å². The molecule has 7 heteroatoms. The maximum atomic E-state index is 12.2. The predicted octanol–water partition coefficient (Wildman–Crippen LogP) is 1.44. The molecule has 1 aromatic rings. The number of sulfonamides is 1. The first-order chi connectivity index (χ1) is 9.31. The zero-order valence-electron chi connectivity index (χ0n) is 13.0. The van der Waals surface area contributed by atoms with Crippen LogP contribution < -0.4 is 15.8 Å². The Morgan fingerprint density at radius 2 is 1.71 bits per heavy atom. The molecule has 0 fully saturated rings. The molecule has 0 aromatic heterocycles. The van der Waals surface area contributed by atoms with Crippen molar-refractivity contribution in [2.24, 2.45) is 5.73 Å². The summed E-state index contributed by atoms with van der Waals surface area (Å²) in [4.78, 5) is 11.9. The Kier molecular flexibility index (Phi) is 4.82. The summed E-state index contributed by atoms with van der Waals surface area (Å²) in [5.74, 6) is -0.388. The van der Waals surface area contributed by atoms with E-state index < -0.39 is 21.1 Å².